The number of sulfonamides is 1. The molecular formula is C15H24FN3O3S. The van der Waals surface area contributed by atoms with Crippen molar-refractivity contribution in [2.75, 3.05) is 40.3 Å². The summed E-state index contributed by atoms with van der Waals surface area (Å²) in [5.74, 6) is -1.29. The SMILES string of the molecule is CCN(CC)S(=O)(=O)c1cc(C(=O)NCCN(C)C)ccc1F. The molecule has 0 spiro atoms. The Kier molecular flexibility index (Phi) is 7.11. The first-order valence-electron chi connectivity index (χ1n) is 7.46. The van der Waals surface area contributed by atoms with E-state index in [2.05, 4.69) is 5.32 Å². The fraction of sp³-hybridized carbons (Fsp3) is 0.533. The molecule has 0 saturated heterocycles. The third-order valence-corrected chi connectivity index (χ3v) is 5.43. The van der Waals surface area contributed by atoms with Crippen molar-refractivity contribution in [1.82, 2.24) is 14.5 Å². The van der Waals surface area contributed by atoms with Gasteiger partial charge in [-0.2, -0.15) is 4.31 Å². The number of carbonyl (C=O) groups excluding carboxylic acids is 1. The van der Waals surface area contributed by atoms with Crippen LogP contribution in [0.4, 0.5) is 4.39 Å². The summed E-state index contributed by atoms with van der Waals surface area (Å²) < 4.78 is 40.0. The molecule has 0 aromatic heterocycles. The van der Waals surface area contributed by atoms with Gasteiger partial charge in [-0.25, -0.2) is 12.8 Å². The zero-order valence-electron chi connectivity index (χ0n) is 14.0. The largest absolute Gasteiger partial charge is 0.351 e. The van der Waals surface area contributed by atoms with Gasteiger partial charge >= 0.3 is 0 Å². The van der Waals surface area contributed by atoms with Gasteiger partial charge in [0.25, 0.3) is 5.91 Å². The Balaban J connectivity index is 3.06. The van der Waals surface area contributed by atoms with Crippen molar-refractivity contribution in [1.29, 1.82) is 0 Å². The highest BCUT2D eigenvalue weighted by Crippen LogP contribution is 2.20. The van der Waals surface area contributed by atoms with Crippen LogP contribution in [-0.2, 0) is 10.0 Å². The molecule has 1 rings (SSSR count). The molecule has 130 valence electrons. The van der Waals surface area contributed by atoms with E-state index in [1.807, 2.05) is 19.0 Å². The Morgan fingerprint density at radius 2 is 1.83 bits per heavy atom. The second-order valence-corrected chi connectivity index (χ2v) is 7.20. The van der Waals surface area contributed by atoms with Crippen molar-refractivity contribution in [3.8, 4) is 0 Å². The minimum absolute atomic E-state index is 0.121. The first-order valence-corrected chi connectivity index (χ1v) is 8.90. The smallest absolute Gasteiger partial charge is 0.251 e. The molecule has 0 heterocycles. The van der Waals surface area contributed by atoms with E-state index < -0.39 is 26.6 Å². The number of nitrogens with zero attached hydrogens (tertiary/aromatic N) is 2. The van der Waals surface area contributed by atoms with Crippen molar-refractivity contribution in [2.45, 2.75) is 18.7 Å². The molecule has 0 radical (unpaired) electrons. The summed E-state index contributed by atoms with van der Waals surface area (Å²) in [5.41, 5.74) is 0.121. The van der Waals surface area contributed by atoms with Crippen LogP contribution in [-0.4, -0.2) is 63.8 Å². The van der Waals surface area contributed by atoms with Crippen LogP contribution in [0.25, 0.3) is 0 Å². The van der Waals surface area contributed by atoms with Gasteiger partial charge in [0, 0.05) is 31.7 Å². The lowest BCUT2D eigenvalue weighted by atomic mass is 10.2. The predicted molar refractivity (Wildman–Crippen MR) is 87.4 cm³/mol. The van der Waals surface area contributed by atoms with E-state index in [1.54, 1.807) is 13.8 Å². The number of amides is 1. The monoisotopic (exact) mass is 345 g/mol. The van der Waals surface area contributed by atoms with Crippen LogP contribution >= 0.6 is 0 Å². The first kappa shape index (κ1) is 19.5. The summed E-state index contributed by atoms with van der Waals surface area (Å²) >= 11 is 0. The van der Waals surface area contributed by atoms with Crippen LogP contribution in [0, 0.1) is 5.82 Å². The van der Waals surface area contributed by atoms with Gasteiger partial charge in [-0.1, -0.05) is 13.8 Å². The Morgan fingerprint density at radius 3 is 2.35 bits per heavy atom. The second-order valence-electron chi connectivity index (χ2n) is 5.29. The number of hydrogen-bond acceptors (Lipinski definition) is 4. The molecule has 1 N–H and O–H groups in total. The number of benzene rings is 1. The summed E-state index contributed by atoms with van der Waals surface area (Å²) in [6.45, 7) is 4.89. The fourth-order valence-corrected chi connectivity index (χ4v) is 3.59. The molecule has 1 amide bonds. The van der Waals surface area contributed by atoms with Gasteiger partial charge in [0.05, 0.1) is 0 Å². The highest BCUT2D eigenvalue weighted by molar-refractivity contribution is 7.89. The van der Waals surface area contributed by atoms with Crippen molar-refractivity contribution in [3.63, 3.8) is 0 Å². The first-order chi connectivity index (χ1) is 10.7. The van der Waals surface area contributed by atoms with Crippen LogP contribution in [0.5, 0.6) is 0 Å². The molecule has 1 aromatic rings. The third kappa shape index (κ3) is 4.98. The topological polar surface area (TPSA) is 69.7 Å². The Morgan fingerprint density at radius 1 is 1.22 bits per heavy atom. The van der Waals surface area contributed by atoms with E-state index in [1.165, 1.54) is 6.07 Å². The summed E-state index contributed by atoms with van der Waals surface area (Å²) in [7, 11) is -0.204. The van der Waals surface area contributed by atoms with E-state index in [0.29, 0.717) is 13.1 Å². The van der Waals surface area contributed by atoms with Crippen molar-refractivity contribution < 1.29 is 17.6 Å². The van der Waals surface area contributed by atoms with Crippen molar-refractivity contribution in [3.05, 3.63) is 29.6 Å². The molecule has 0 saturated carbocycles. The summed E-state index contributed by atoms with van der Waals surface area (Å²) in [5, 5.41) is 2.67. The molecule has 0 fully saturated rings. The van der Waals surface area contributed by atoms with Crippen molar-refractivity contribution >= 4 is 15.9 Å². The third-order valence-electron chi connectivity index (χ3n) is 3.36. The van der Waals surface area contributed by atoms with E-state index in [9.17, 15) is 17.6 Å². The van der Waals surface area contributed by atoms with E-state index in [4.69, 9.17) is 0 Å². The highest BCUT2D eigenvalue weighted by atomic mass is 32.2. The average molecular weight is 345 g/mol. The molecule has 0 atom stereocenters. The predicted octanol–water partition coefficient (Wildman–Crippen LogP) is 1.15. The average Bonchev–Trinajstić information content (AvgIpc) is 2.47. The van der Waals surface area contributed by atoms with Crippen molar-refractivity contribution in [2.24, 2.45) is 0 Å². The molecule has 0 aliphatic carbocycles. The maximum absolute atomic E-state index is 14.0. The van der Waals surface area contributed by atoms with E-state index in [-0.39, 0.29) is 18.7 Å². The lowest BCUT2D eigenvalue weighted by molar-refractivity contribution is 0.0950. The molecular weight excluding hydrogens is 321 g/mol. The van der Waals surface area contributed by atoms with Crippen LogP contribution < -0.4 is 5.32 Å². The van der Waals surface area contributed by atoms with Gasteiger partial charge in [-0.05, 0) is 32.3 Å². The molecule has 1 aromatic carbocycles. The molecule has 8 heteroatoms. The Bertz CT molecular complexity index is 643. The molecule has 0 unspecified atom stereocenters. The number of hydrogen-bond donors (Lipinski definition) is 1. The lowest BCUT2D eigenvalue weighted by Crippen LogP contribution is -2.33. The summed E-state index contributed by atoms with van der Waals surface area (Å²) in [6, 6.07) is 3.38. The zero-order chi connectivity index (χ0) is 17.6. The normalized spacial score (nSPS) is 12.0. The molecule has 23 heavy (non-hydrogen) atoms. The standard InChI is InChI=1S/C15H24FN3O3S/c1-5-19(6-2)23(21,22)14-11-12(7-8-13(14)16)15(20)17-9-10-18(3)4/h7-8,11H,5-6,9-10H2,1-4H3,(H,17,20). The van der Waals surface area contributed by atoms with Gasteiger partial charge in [0.2, 0.25) is 10.0 Å². The number of carbonyl (C=O) groups is 1. The number of rotatable bonds is 8. The maximum atomic E-state index is 14.0. The van der Waals surface area contributed by atoms with Gasteiger partial charge in [0.15, 0.2) is 0 Å². The summed E-state index contributed by atoms with van der Waals surface area (Å²) in [6.07, 6.45) is 0. The number of halogens is 1. The van der Waals surface area contributed by atoms with Gasteiger partial charge < -0.3 is 10.2 Å². The van der Waals surface area contributed by atoms with Gasteiger partial charge in [-0.3, -0.25) is 4.79 Å². The quantitative estimate of drug-likeness (QED) is 0.767. The Labute approximate surface area is 137 Å². The highest BCUT2D eigenvalue weighted by Gasteiger charge is 2.26. The second kappa shape index (κ2) is 8.37. The number of nitrogens with one attached hydrogen (secondary N) is 1. The van der Waals surface area contributed by atoms with Gasteiger partial charge in [0.1, 0.15) is 10.7 Å². The minimum Gasteiger partial charge on any atom is -0.351 e. The van der Waals surface area contributed by atoms with E-state index in [0.717, 1.165) is 16.4 Å². The Hall–Kier alpha value is -1.51. The maximum Gasteiger partial charge on any atom is 0.251 e. The van der Waals surface area contributed by atoms with E-state index >= 15 is 0 Å². The molecule has 0 bridgehead atoms. The van der Waals surface area contributed by atoms with Crippen LogP contribution in [0.1, 0.15) is 24.2 Å². The van der Waals surface area contributed by atoms with Crippen LogP contribution in [0.15, 0.2) is 23.1 Å². The lowest BCUT2D eigenvalue weighted by Gasteiger charge is -2.19. The number of likely N-dealkylation sites (N-methyl/N-ethyl adjacent to an activating group) is 1. The van der Waals surface area contributed by atoms with Crippen LogP contribution in [0.3, 0.4) is 0 Å². The molecule has 0 aliphatic heterocycles. The van der Waals surface area contributed by atoms with Crippen LogP contribution in [0.2, 0.25) is 0 Å². The molecule has 6 nitrogen and oxygen atoms in total. The fourth-order valence-electron chi connectivity index (χ4n) is 2.04. The summed E-state index contributed by atoms with van der Waals surface area (Å²) in [4.78, 5) is 13.5. The van der Waals surface area contributed by atoms with Gasteiger partial charge in [-0.15, -0.1) is 0 Å². The minimum atomic E-state index is -3.95. The molecule has 0 aliphatic rings. The zero-order valence-corrected chi connectivity index (χ0v) is 14.8.